The normalized spacial score (nSPS) is 8.89. The van der Waals surface area contributed by atoms with Gasteiger partial charge in [0.05, 0.1) is 5.03 Å². The van der Waals surface area contributed by atoms with E-state index in [9.17, 15) is 0 Å². The van der Waals surface area contributed by atoms with Crippen LogP contribution in [0.4, 0.5) is 0 Å². The Hall–Kier alpha value is -0.880. The van der Waals surface area contributed by atoms with Gasteiger partial charge < -0.3 is 4.57 Å². The van der Waals surface area contributed by atoms with E-state index in [-0.39, 0.29) is 0 Å². The molecule has 0 N–H and O–H groups in total. The van der Waals surface area contributed by atoms with Gasteiger partial charge in [0.15, 0.2) is 0 Å². The lowest BCUT2D eigenvalue weighted by molar-refractivity contribution is 0.831. The largest absolute Gasteiger partial charge is 0.345 e. The first-order chi connectivity index (χ1) is 4.34. The first kappa shape index (κ1) is 6.24. The zero-order valence-electron chi connectivity index (χ0n) is 5.03. The monoisotopic (exact) mass is 138 g/mol. The van der Waals surface area contributed by atoms with Crippen molar-refractivity contribution in [3.8, 4) is 5.40 Å². The Labute approximate surface area is 58.1 Å². The van der Waals surface area contributed by atoms with Crippen LogP contribution in [0.3, 0.4) is 0 Å². The van der Waals surface area contributed by atoms with Gasteiger partial charge in [-0.3, -0.25) is 0 Å². The maximum Gasteiger partial charge on any atom is 0.140 e. The number of aromatic nitrogens is 1. The summed E-state index contributed by atoms with van der Waals surface area (Å²) in [4.78, 5) is 0. The van der Waals surface area contributed by atoms with Gasteiger partial charge in [-0.15, -0.1) is 0 Å². The third kappa shape index (κ3) is 1.27. The number of hydrogen-bond acceptors (Lipinski definition) is 2. The Kier molecular flexibility index (Phi) is 1.81. The van der Waals surface area contributed by atoms with Crippen LogP contribution >= 0.6 is 11.8 Å². The summed E-state index contributed by atoms with van der Waals surface area (Å²) in [6, 6.07) is 3.83. The molecule has 0 radical (unpaired) electrons. The summed E-state index contributed by atoms with van der Waals surface area (Å²) in [5.41, 5.74) is 0. The smallest absolute Gasteiger partial charge is 0.140 e. The van der Waals surface area contributed by atoms with Crippen molar-refractivity contribution in [2.45, 2.75) is 5.03 Å². The van der Waals surface area contributed by atoms with Crippen molar-refractivity contribution in [1.29, 1.82) is 5.26 Å². The van der Waals surface area contributed by atoms with Gasteiger partial charge in [0.1, 0.15) is 5.40 Å². The second-order valence-corrected chi connectivity index (χ2v) is 2.46. The standard InChI is InChI=1S/C6H6N2S/c1-8-4-2-3-6(8)9-5-7/h2-4H,1H3. The predicted octanol–water partition coefficient (Wildman–Crippen LogP) is 1.60. The van der Waals surface area contributed by atoms with Crippen molar-refractivity contribution in [3.05, 3.63) is 18.3 Å². The average molecular weight is 138 g/mol. The Balaban J connectivity index is 2.84. The van der Waals surface area contributed by atoms with Gasteiger partial charge in [-0.1, -0.05) is 0 Å². The summed E-state index contributed by atoms with van der Waals surface area (Å²) in [7, 11) is 1.92. The molecule has 1 rings (SSSR count). The quantitative estimate of drug-likeness (QED) is 0.435. The lowest BCUT2D eigenvalue weighted by Crippen LogP contribution is -1.83. The SMILES string of the molecule is Cn1cccc1SC#N. The zero-order valence-corrected chi connectivity index (χ0v) is 5.85. The predicted molar refractivity (Wildman–Crippen MR) is 36.9 cm³/mol. The van der Waals surface area contributed by atoms with E-state index < -0.39 is 0 Å². The van der Waals surface area contributed by atoms with E-state index in [0.717, 1.165) is 5.03 Å². The van der Waals surface area contributed by atoms with Gasteiger partial charge in [-0.2, -0.15) is 5.26 Å². The maximum absolute atomic E-state index is 8.26. The van der Waals surface area contributed by atoms with Crippen LogP contribution in [0.25, 0.3) is 0 Å². The molecule has 3 heteroatoms. The van der Waals surface area contributed by atoms with Gasteiger partial charge in [-0.05, 0) is 12.1 Å². The van der Waals surface area contributed by atoms with Crippen LogP contribution in [0.15, 0.2) is 23.4 Å². The molecule has 0 aliphatic carbocycles. The molecule has 0 fully saturated rings. The molecular weight excluding hydrogens is 132 g/mol. The van der Waals surface area contributed by atoms with Crippen molar-refractivity contribution in [1.82, 2.24) is 4.57 Å². The first-order valence-corrected chi connectivity index (χ1v) is 3.33. The second-order valence-electron chi connectivity index (χ2n) is 1.65. The molecule has 9 heavy (non-hydrogen) atoms. The molecule has 0 spiro atoms. The molecule has 0 unspecified atom stereocenters. The lowest BCUT2D eigenvalue weighted by Gasteiger charge is -1.92. The van der Waals surface area contributed by atoms with Crippen LogP contribution in [0.5, 0.6) is 0 Å². The van der Waals surface area contributed by atoms with Crippen LogP contribution in [0.1, 0.15) is 0 Å². The first-order valence-electron chi connectivity index (χ1n) is 2.52. The van der Waals surface area contributed by atoms with E-state index in [1.807, 2.05) is 35.3 Å². The van der Waals surface area contributed by atoms with Crippen molar-refractivity contribution in [3.63, 3.8) is 0 Å². The fourth-order valence-corrected chi connectivity index (χ4v) is 1.04. The molecule has 0 aliphatic rings. The molecule has 1 aromatic heterocycles. The highest BCUT2D eigenvalue weighted by Crippen LogP contribution is 2.14. The van der Waals surface area contributed by atoms with Gasteiger partial charge in [0.25, 0.3) is 0 Å². The fraction of sp³-hybridized carbons (Fsp3) is 0.167. The van der Waals surface area contributed by atoms with E-state index >= 15 is 0 Å². The molecule has 1 heterocycles. The highest BCUT2D eigenvalue weighted by molar-refractivity contribution is 8.03. The van der Waals surface area contributed by atoms with E-state index in [4.69, 9.17) is 5.26 Å². The molecule has 0 aliphatic heterocycles. The molecule has 0 saturated heterocycles. The van der Waals surface area contributed by atoms with Crippen LogP contribution < -0.4 is 0 Å². The molecule has 0 aromatic carbocycles. The Morgan fingerprint density at radius 1 is 1.78 bits per heavy atom. The maximum atomic E-state index is 8.26. The summed E-state index contributed by atoms with van der Waals surface area (Å²) in [6.07, 6.45) is 1.92. The number of nitriles is 1. The molecule has 0 bridgehead atoms. The number of nitrogens with zero attached hydrogens (tertiary/aromatic N) is 2. The van der Waals surface area contributed by atoms with E-state index in [0.29, 0.717) is 0 Å². The Morgan fingerprint density at radius 2 is 2.56 bits per heavy atom. The summed E-state index contributed by atoms with van der Waals surface area (Å²) in [5, 5.41) is 11.3. The van der Waals surface area contributed by atoms with Crippen LogP contribution in [-0.4, -0.2) is 4.57 Å². The fourth-order valence-electron chi connectivity index (χ4n) is 0.598. The minimum atomic E-state index is 0.984. The summed E-state index contributed by atoms with van der Waals surface area (Å²) < 4.78 is 1.91. The lowest BCUT2D eigenvalue weighted by atomic mass is 10.7. The molecule has 0 atom stereocenters. The summed E-state index contributed by atoms with van der Waals surface area (Å²) >= 11 is 1.18. The second kappa shape index (κ2) is 2.60. The molecule has 1 aromatic rings. The highest BCUT2D eigenvalue weighted by atomic mass is 32.2. The van der Waals surface area contributed by atoms with Crippen molar-refractivity contribution in [2.24, 2.45) is 7.05 Å². The summed E-state index contributed by atoms with van der Waals surface area (Å²) in [5.74, 6) is 0. The number of hydrogen-bond donors (Lipinski definition) is 0. The third-order valence-corrected chi connectivity index (χ3v) is 1.77. The van der Waals surface area contributed by atoms with E-state index in [2.05, 4.69) is 0 Å². The average Bonchev–Trinajstić information content (AvgIpc) is 2.18. The third-order valence-electron chi connectivity index (χ3n) is 1.05. The van der Waals surface area contributed by atoms with Gasteiger partial charge in [0, 0.05) is 25.0 Å². The van der Waals surface area contributed by atoms with Crippen molar-refractivity contribution >= 4 is 11.8 Å². The topological polar surface area (TPSA) is 28.7 Å². The number of aryl methyl sites for hydroxylation is 1. The van der Waals surface area contributed by atoms with Crippen molar-refractivity contribution in [2.75, 3.05) is 0 Å². The van der Waals surface area contributed by atoms with Crippen LogP contribution in [0.2, 0.25) is 0 Å². The number of thiocyanates is 1. The van der Waals surface area contributed by atoms with E-state index in [1.54, 1.807) is 0 Å². The number of rotatable bonds is 1. The highest BCUT2D eigenvalue weighted by Gasteiger charge is 1.93. The van der Waals surface area contributed by atoms with E-state index in [1.165, 1.54) is 11.8 Å². The van der Waals surface area contributed by atoms with Crippen molar-refractivity contribution < 1.29 is 0 Å². The van der Waals surface area contributed by atoms with Crippen LogP contribution in [0, 0.1) is 10.7 Å². The van der Waals surface area contributed by atoms with Gasteiger partial charge >= 0.3 is 0 Å². The van der Waals surface area contributed by atoms with Gasteiger partial charge in [-0.25, -0.2) is 0 Å². The molecular formula is C6H6N2S. The molecule has 0 amide bonds. The molecule has 2 nitrogen and oxygen atoms in total. The molecule has 0 saturated carbocycles. The Bertz CT molecular complexity index is 233. The molecule has 46 valence electrons. The minimum absolute atomic E-state index is 0.984. The zero-order chi connectivity index (χ0) is 6.69. The number of thioether (sulfide) groups is 1. The minimum Gasteiger partial charge on any atom is -0.345 e. The summed E-state index contributed by atoms with van der Waals surface area (Å²) in [6.45, 7) is 0. The van der Waals surface area contributed by atoms with Gasteiger partial charge in [0.2, 0.25) is 0 Å². The Morgan fingerprint density at radius 3 is 3.00 bits per heavy atom. The van der Waals surface area contributed by atoms with Crippen LogP contribution in [-0.2, 0) is 7.05 Å².